The number of rotatable bonds is 4. The fourth-order valence-electron chi connectivity index (χ4n) is 3.57. The van der Waals surface area contributed by atoms with Crippen molar-refractivity contribution < 1.29 is 24.1 Å². The van der Waals surface area contributed by atoms with Crippen molar-refractivity contribution in [2.45, 2.75) is 24.4 Å². The molecule has 6 heteroatoms. The number of para-hydroxylation sites is 1. The van der Waals surface area contributed by atoms with E-state index in [9.17, 15) is 9.90 Å². The zero-order chi connectivity index (χ0) is 18.1. The van der Waals surface area contributed by atoms with Gasteiger partial charge in [-0.3, -0.25) is 4.79 Å². The van der Waals surface area contributed by atoms with Gasteiger partial charge in [-0.05, 0) is 23.8 Å². The van der Waals surface area contributed by atoms with Gasteiger partial charge in [-0.2, -0.15) is 0 Å². The molecule has 0 bridgehead atoms. The molecule has 26 heavy (non-hydrogen) atoms. The monoisotopic (exact) mass is 355 g/mol. The summed E-state index contributed by atoms with van der Waals surface area (Å²) < 4.78 is 16.5. The van der Waals surface area contributed by atoms with Crippen molar-refractivity contribution in [1.82, 2.24) is 5.32 Å². The van der Waals surface area contributed by atoms with Crippen LogP contribution in [0.3, 0.4) is 0 Å². The Balaban J connectivity index is 1.52. The molecule has 4 rings (SSSR count). The van der Waals surface area contributed by atoms with E-state index in [0.29, 0.717) is 12.2 Å². The lowest BCUT2D eigenvalue weighted by atomic mass is 10.0. The maximum Gasteiger partial charge on any atom is 0.251 e. The van der Waals surface area contributed by atoms with Crippen molar-refractivity contribution in [3.05, 3.63) is 54.1 Å². The van der Waals surface area contributed by atoms with Crippen LogP contribution in [0.2, 0.25) is 0 Å². The number of benzene rings is 2. The van der Waals surface area contributed by atoms with E-state index in [0.717, 1.165) is 16.9 Å². The van der Waals surface area contributed by atoms with Gasteiger partial charge in [-0.25, -0.2) is 0 Å². The lowest BCUT2D eigenvalue weighted by Gasteiger charge is -2.17. The number of carbonyl (C=O) groups excluding carboxylic acids is 1. The topological polar surface area (TPSA) is 77.0 Å². The second kappa shape index (κ2) is 7.07. The first-order valence-corrected chi connectivity index (χ1v) is 8.63. The van der Waals surface area contributed by atoms with Gasteiger partial charge >= 0.3 is 0 Å². The van der Waals surface area contributed by atoms with E-state index < -0.39 is 6.10 Å². The van der Waals surface area contributed by atoms with Gasteiger partial charge in [0.2, 0.25) is 0 Å². The van der Waals surface area contributed by atoms with Crippen molar-refractivity contribution in [2.75, 3.05) is 20.3 Å². The van der Waals surface area contributed by atoms with Crippen molar-refractivity contribution >= 4 is 5.91 Å². The Labute approximate surface area is 151 Å². The van der Waals surface area contributed by atoms with Gasteiger partial charge in [-0.15, -0.1) is 0 Å². The predicted molar refractivity (Wildman–Crippen MR) is 95.2 cm³/mol. The van der Waals surface area contributed by atoms with Crippen LogP contribution in [0.15, 0.2) is 48.5 Å². The quantitative estimate of drug-likeness (QED) is 0.872. The van der Waals surface area contributed by atoms with E-state index in [4.69, 9.17) is 14.2 Å². The number of methoxy groups -OCH3 is 1. The molecule has 136 valence electrons. The molecule has 0 unspecified atom stereocenters. The molecular weight excluding hydrogens is 334 g/mol. The standard InChI is InChI=1S/C20H21NO5/c1-24-17-8-3-2-7-14(17)12-5-4-6-13(9-12)20(23)21-15-10-25-19-16(22)11-26-18(15)19/h2-9,15-16,18-19,22H,10-11H2,1H3,(H,21,23)/t15-,16-,18+,19+/m0/s1. The minimum atomic E-state index is -0.629. The molecule has 2 saturated heterocycles. The summed E-state index contributed by atoms with van der Waals surface area (Å²) in [4.78, 5) is 12.7. The van der Waals surface area contributed by atoms with Gasteiger partial charge in [0.15, 0.2) is 0 Å². The Bertz CT molecular complexity index is 808. The van der Waals surface area contributed by atoms with Crippen LogP contribution in [-0.4, -0.2) is 55.7 Å². The summed E-state index contributed by atoms with van der Waals surface area (Å²) in [6.07, 6.45) is -1.29. The van der Waals surface area contributed by atoms with Gasteiger partial charge in [-0.1, -0.05) is 30.3 Å². The molecule has 2 aliphatic heterocycles. The summed E-state index contributed by atoms with van der Waals surface area (Å²) in [5, 5.41) is 12.8. The summed E-state index contributed by atoms with van der Waals surface area (Å²) in [6, 6.07) is 14.8. The minimum absolute atomic E-state index is 0.194. The highest BCUT2D eigenvalue weighted by atomic mass is 16.6. The third kappa shape index (κ3) is 3.07. The zero-order valence-corrected chi connectivity index (χ0v) is 14.4. The number of carbonyl (C=O) groups is 1. The highest BCUT2D eigenvalue weighted by Gasteiger charge is 2.47. The molecule has 0 aliphatic carbocycles. The molecule has 2 N–H and O–H groups in total. The van der Waals surface area contributed by atoms with E-state index in [-0.39, 0.29) is 30.8 Å². The van der Waals surface area contributed by atoms with Crippen molar-refractivity contribution in [1.29, 1.82) is 0 Å². The third-order valence-corrected chi connectivity index (χ3v) is 4.89. The first kappa shape index (κ1) is 17.0. The molecule has 0 spiro atoms. The largest absolute Gasteiger partial charge is 0.496 e. The maximum absolute atomic E-state index is 12.7. The lowest BCUT2D eigenvalue weighted by molar-refractivity contribution is 0.0178. The normalized spacial score (nSPS) is 27.2. The van der Waals surface area contributed by atoms with Crippen LogP contribution >= 0.6 is 0 Å². The van der Waals surface area contributed by atoms with Crippen LogP contribution in [0, 0.1) is 0 Å². The highest BCUT2D eigenvalue weighted by molar-refractivity contribution is 5.96. The van der Waals surface area contributed by atoms with Gasteiger partial charge in [0.25, 0.3) is 5.91 Å². The van der Waals surface area contributed by atoms with Gasteiger partial charge in [0.1, 0.15) is 24.1 Å². The van der Waals surface area contributed by atoms with E-state index in [2.05, 4.69) is 5.32 Å². The zero-order valence-electron chi connectivity index (χ0n) is 14.4. The molecule has 0 saturated carbocycles. The average Bonchev–Trinajstić information content (AvgIpc) is 3.25. The van der Waals surface area contributed by atoms with E-state index in [1.54, 1.807) is 13.2 Å². The second-order valence-corrected chi connectivity index (χ2v) is 6.52. The third-order valence-electron chi connectivity index (χ3n) is 4.89. The van der Waals surface area contributed by atoms with Crippen LogP contribution in [0.4, 0.5) is 0 Å². The van der Waals surface area contributed by atoms with Gasteiger partial charge < -0.3 is 24.6 Å². The number of hydrogen-bond acceptors (Lipinski definition) is 5. The molecule has 2 aromatic rings. The Kier molecular flexibility index (Phi) is 4.63. The number of ether oxygens (including phenoxy) is 3. The Hall–Kier alpha value is -2.41. The second-order valence-electron chi connectivity index (χ2n) is 6.52. The molecule has 2 fully saturated rings. The number of aliphatic hydroxyl groups excluding tert-OH is 1. The fraction of sp³-hybridized carbons (Fsp3) is 0.350. The summed E-state index contributed by atoms with van der Waals surface area (Å²) in [5.74, 6) is 0.562. The van der Waals surface area contributed by atoms with Gasteiger partial charge in [0, 0.05) is 11.1 Å². The maximum atomic E-state index is 12.7. The van der Waals surface area contributed by atoms with Crippen molar-refractivity contribution in [2.24, 2.45) is 0 Å². The molecular formula is C20H21NO5. The molecule has 6 nitrogen and oxygen atoms in total. The Morgan fingerprint density at radius 3 is 2.77 bits per heavy atom. The molecule has 2 aromatic carbocycles. The van der Waals surface area contributed by atoms with E-state index >= 15 is 0 Å². The van der Waals surface area contributed by atoms with Crippen LogP contribution in [0.1, 0.15) is 10.4 Å². The summed E-state index contributed by atoms with van der Waals surface area (Å²) in [6.45, 7) is 0.579. The van der Waals surface area contributed by atoms with Crippen LogP contribution in [-0.2, 0) is 9.47 Å². The Morgan fingerprint density at radius 2 is 1.92 bits per heavy atom. The molecule has 0 aromatic heterocycles. The van der Waals surface area contributed by atoms with E-state index in [1.807, 2.05) is 42.5 Å². The molecule has 2 aliphatic rings. The van der Waals surface area contributed by atoms with Crippen LogP contribution in [0.5, 0.6) is 5.75 Å². The smallest absolute Gasteiger partial charge is 0.251 e. The molecule has 2 heterocycles. The first-order chi connectivity index (χ1) is 12.7. The summed E-state index contributed by atoms with van der Waals surface area (Å²) in [7, 11) is 1.63. The number of amides is 1. The SMILES string of the molecule is COc1ccccc1-c1cccc(C(=O)N[C@H]2CO[C@H]3[C@@H]2OC[C@@H]3O)c1. The fourth-order valence-corrected chi connectivity index (χ4v) is 3.57. The van der Waals surface area contributed by atoms with Crippen LogP contribution < -0.4 is 10.1 Å². The average molecular weight is 355 g/mol. The molecule has 0 radical (unpaired) electrons. The summed E-state index contributed by atoms with van der Waals surface area (Å²) >= 11 is 0. The van der Waals surface area contributed by atoms with Crippen molar-refractivity contribution in [3.63, 3.8) is 0 Å². The first-order valence-electron chi connectivity index (χ1n) is 8.63. The molecule has 1 amide bonds. The number of aliphatic hydroxyl groups is 1. The number of nitrogens with one attached hydrogen (secondary N) is 1. The number of fused-ring (bicyclic) bond motifs is 1. The predicted octanol–water partition coefficient (Wildman–Crippen LogP) is 1.62. The highest BCUT2D eigenvalue weighted by Crippen LogP contribution is 2.30. The summed E-state index contributed by atoms with van der Waals surface area (Å²) in [5.41, 5.74) is 2.38. The molecule has 4 atom stereocenters. The Morgan fingerprint density at radius 1 is 1.12 bits per heavy atom. The van der Waals surface area contributed by atoms with Crippen molar-refractivity contribution in [3.8, 4) is 16.9 Å². The number of hydrogen-bond donors (Lipinski definition) is 2. The van der Waals surface area contributed by atoms with E-state index in [1.165, 1.54) is 0 Å². The lowest BCUT2D eigenvalue weighted by Crippen LogP contribution is -2.44. The van der Waals surface area contributed by atoms with Gasteiger partial charge in [0.05, 0.1) is 26.4 Å². The minimum Gasteiger partial charge on any atom is -0.496 e. The van der Waals surface area contributed by atoms with Crippen LogP contribution in [0.25, 0.3) is 11.1 Å².